The first-order valence-corrected chi connectivity index (χ1v) is 12.9. The molecule has 0 aliphatic carbocycles. The molecule has 2 aliphatic heterocycles. The number of hydrogen-bond donors (Lipinski definition) is 2. The smallest absolute Gasteiger partial charge is 0.325 e. The average Bonchev–Trinajstić information content (AvgIpc) is 3.30. The van der Waals surface area contributed by atoms with Gasteiger partial charge in [0.05, 0.1) is 18.4 Å². The van der Waals surface area contributed by atoms with Crippen LogP contribution in [0, 0.1) is 0 Å². The number of aliphatic carboxylic acids is 1. The summed E-state index contributed by atoms with van der Waals surface area (Å²) in [4.78, 5) is 23.2. The fourth-order valence-electron chi connectivity index (χ4n) is 4.84. The van der Waals surface area contributed by atoms with Gasteiger partial charge in [0.25, 0.3) is 0 Å². The topological polar surface area (TPSA) is 96.8 Å². The van der Waals surface area contributed by atoms with E-state index in [2.05, 4.69) is 22.4 Å². The number of nitrogens with one attached hydrogen (secondary N) is 1. The largest absolute Gasteiger partial charge is 0.480 e. The number of alkyl halides is 1. The number of fused-ring (bicyclic) bond motifs is 1. The number of unbranched alkanes of at least 4 members (excludes halogenated alkanes) is 1. The highest BCUT2D eigenvalue weighted by Crippen LogP contribution is 2.29. The molecule has 2 aromatic heterocycles. The summed E-state index contributed by atoms with van der Waals surface area (Å²) >= 11 is 0. The van der Waals surface area contributed by atoms with Crippen LogP contribution in [0.2, 0.25) is 0 Å². The van der Waals surface area contributed by atoms with Crippen molar-refractivity contribution in [2.75, 3.05) is 31.6 Å². The summed E-state index contributed by atoms with van der Waals surface area (Å²) < 4.78 is 25.2. The van der Waals surface area contributed by atoms with Crippen LogP contribution in [-0.4, -0.2) is 64.1 Å². The minimum absolute atomic E-state index is 0.0148. The number of nitrogens with zero attached hydrogens (tertiary/aromatic N) is 3. The van der Waals surface area contributed by atoms with E-state index in [0.717, 1.165) is 56.6 Å². The van der Waals surface area contributed by atoms with Gasteiger partial charge in [0.1, 0.15) is 11.9 Å². The number of hydrogen-bond acceptors (Lipinski definition) is 7. The van der Waals surface area contributed by atoms with Gasteiger partial charge in [0.15, 0.2) is 0 Å². The van der Waals surface area contributed by atoms with Gasteiger partial charge in [-0.25, -0.2) is 9.37 Å². The SMILES string of the molecule is CC(C)(F)OCc1ncccc1C(C(=O)O)N1CC[C@@H](OCCCCc2ccc3c(n2)NCCC3)C1. The van der Waals surface area contributed by atoms with Crippen LogP contribution in [0.5, 0.6) is 0 Å². The Morgan fingerprint density at radius 3 is 3.00 bits per heavy atom. The molecule has 0 saturated carbocycles. The van der Waals surface area contributed by atoms with E-state index in [9.17, 15) is 14.3 Å². The van der Waals surface area contributed by atoms with Gasteiger partial charge in [-0.15, -0.1) is 0 Å². The molecule has 4 rings (SSSR count). The van der Waals surface area contributed by atoms with Gasteiger partial charge in [0.2, 0.25) is 5.85 Å². The second-order valence-corrected chi connectivity index (χ2v) is 10.0. The molecule has 1 unspecified atom stereocenters. The minimum atomic E-state index is -1.83. The second-order valence-electron chi connectivity index (χ2n) is 10.0. The van der Waals surface area contributed by atoms with Gasteiger partial charge in [-0.3, -0.25) is 14.7 Å². The molecule has 0 spiro atoms. The molecule has 0 radical (unpaired) electrons. The van der Waals surface area contributed by atoms with E-state index in [1.54, 1.807) is 18.3 Å². The zero-order valence-electron chi connectivity index (χ0n) is 21.2. The summed E-state index contributed by atoms with van der Waals surface area (Å²) in [5.74, 6) is -1.75. The predicted molar refractivity (Wildman–Crippen MR) is 135 cm³/mol. The van der Waals surface area contributed by atoms with Crippen LogP contribution in [0.4, 0.5) is 10.2 Å². The molecular formula is C27H37FN4O4. The highest BCUT2D eigenvalue weighted by atomic mass is 19.2. The Balaban J connectivity index is 1.25. The first kappa shape index (κ1) is 26.4. The Hall–Kier alpha value is -2.62. The lowest BCUT2D eigenvalue weighted by Crippen LogP contribution is -2.34. The number of halogens is 1. The Kier molecular flexibility index (Phi) is 8.87. The molecule has 2 aromatic rings. The van der Waals surface area contributed by atoms with E-state index in [-0.39, 0.29) is 12.7 Å². The van der Waals surface area contributed by atoms with Crippen molar-refractivity contribution in [1.82, 2.24) is 14.9 Å². The summed E-state index contributed by atoms with van der Waals surface area (Å²) in [7, 11) is 0. The van der Waals surface area contributed by atoms with E-state index in [0.29, 0.717) is 31.0 Å². The Morgan fingerprint density at radius 1 is 1.33 bits per heavy atom. The lowest BCUT2D eigenvalue weighted by atomic mass is 10.0. The van der Waals surface area contributed by atoms with Crippen LogP contribution >= 0.6 is 0 Å². The van der Waals surface area contributed by atoms with Crippen LogP contribution in [-0.2, 0) is 33.7 Å². The maximum absolute atomic E-state index is 13.9. The molecule has 36 heavy (non-hydrogen) atoms. The van der Waals surface area contributed by atoms with Crippen LogP contribution < -0.4 is 5.32 Å². The third-order valence-electron chi connectivity index (χ3n) is 6.68. The number of carboxylic acid groups (broad SMARTS) is 1. The van der Waals surface area contributed by atoms with Crippen molar-refractivity contribution in [3.8, 4) is 0 Å². The third kappa shape index (κ3) is 7.21. The molecule has 0 bridgehead atoms. The van der Waals surface area contributed by atoms with Crippen molar-refractivity contribution in [3.05, 3.63) is 53.0 Å². The molecule has 2 N–H and O–H groups in total. The van der Waals surface area contributed by atoms with Crippen molar-refractivity contribution < 1.29 is 23.8 Å². The standard InChI is InChI=1S/C27H37FN4O4/c1-27(2,28)36-18-23-22(9-6-13-29-23)24(26(33)34)32-15-12-21(17-32)35-16-4-3-8-20-11-10-19-7-5-14-30-25(19)31-20/h6,9-11,13,21,24H,3-5,7-8,12,14-18H2,1-2H3,(H,30,31)(H,33,34)/t21-,24?/m1/s1. The van der Waals surface area contributed by atoms with E-state index < -0.39 is 17.9 Å². The number of carboxylic acids is 1. The number of ether oxygens (including phenoxy) is 2. The molecule has 9 heteroatoms. The zero-order valence-corrected chi connectivity index (χ0v) is 21.2. The fourth-order valence-corrected chi connectivity index (χ4v) is 4.84. The van der Waals surface area contributed by atoms with E-state index in [1.165, 1.54) is 19.4 Å². The van der Waals surface area contributed by atoms with Crippen molar-refractivity contribution >= 4 is 11.8 Å². The molecule has 2 aliphatic rings. The van der Waals surface area contributed by atoms with Crippen LogP contribution in [0.1, 0.15) is 68.1 Å². The maximum Gasteiger partial charge on any atom is 0.325 e. The maximum atomic E-state index is 13.9. The van der Waals surface area contributed by atoms with E-state index >= 15 is 0 Å². The number of aryl methyl sites for hydroxylation is 2. The molecule has 4 heterocycles. The molecule has 1 saturated heterocycles. The molecular weight excluding hydrogens is 463 g/mol. The van der Waals surface area contributed by atoms with Crippen molar-refractivity contribution in [3.63, 3.8) is 0 Å². The number of rotatable bonds is 12. The van der Waals surface area contributed by atoms with Crippen molar-refractivity contribution in [1.29, 1.82) is 0 Å². The zero-order chi connectivity index (χ0) is 25.5. The van der Waals surface area contributed by atoms with E-state index in [1.807, 2.05) is 4.90 Å². The molecule has 2 atom stereocenters. The molecule has 196 valence electrons. The third-order valence-corrected chi connectivity index (χ3v) is 6.68. The molecule has 1 fully saturated rings. The first-order valence-electron chi connectivity index (χ1n) is 12.9. The number of aromatic nitrogens is 2. The van der Waals surface area contributed by atoms with Gasteiger partial charge in [0, 0.05) is 43.7 Å². The highest BCUT2D eigenvalue weighted by Gasteiger charge is 2.35. The molecule has 0 aromatic carbocycles. The summed E-state index contributed by atoms with van der Waals surface area (Å²) in [6, 6.07) is 6.86. The summed E-state index contributed by atoms with van der Waals surface area (Å²) in [5.41, 5.74) is 3.37. The normalized spacial score (nSPS) is 19.0. The average molecular weight is 501 g/mol. The Morgan fingerprint density at radius 2 is 2.19 bits per heavy atom. The monoisotopic (exact) mass is 500 g/mol. The van der Waals surface area contributed by atoms with Crippen LogP contribution in [0.3, 0.4) is 0 Å². The van der Waals surface area contributed by atoms with Gasteiger partial charge in [-0.05, 0) is 70.1 Å². The quantitative estimate of drug-likeness (QED) is 0.417. The lowest BCUT2D eigenvalue weighted by Gasteiger charge is -2.26. The number of pyridine rings is 2. The van der Waals surface area contributed by atoms with Gasteiger partial charge < -0.3 is 19.9 Å². The van der Waals surface area contributed by atoms with Gasteiger partial charge in [-0.2, -0.15) is 0 Å². The van der Waals surface area contributed by atoms with E-state index in [4.69, 9.17) is 14.5 Å². The van der Waals surface area contributed by atoms with Gasteiger partial charge in [-0.1, -0.05) is 12.1 Å². The van der Waals surface area contributed by atoms with Gasteiger partial charge >= 0.3 is 5.97 Å². The second kappa shape index (κ2) is 12.1. The predicted octanol–water partition coefficient (Wildman–Crippen LogP) is 4.30. The number of likely N-dealkylation sites (tertiary alicyclic amines) is 1. The van der Waals surface area contributed by atoms with Crippen molar-refractivity contribution in [2.45, 2.75) is 77.0 Å². The summed E-state index contributed by atoms with van der Waals surface area (Å²) in [5, 5.41) is 13.4. The Bertz CT molecular complexity index is 1030. The van der Waals surface area contributed by atoms with Crippen LogP contribution in [0.25, 0.3) is 0 Å². The summed E-state index contributed by atoms with van der Waals surface area (Å²) in [6.45, 7) is 5.30. The minimum Gasteiger partial charge on any atom is -0.480 e. The number of carbonyl (C=O) groups is 1. The first-order chi connectivity index (χ1) is 17.3. The highest BCUT2D eigenvalue weighted by molar-refractivity contribution is 5.76. The Labute approximate surface area is 212 Å². The number of anilines is 1. The molecule has 0 amide bonds. The summed E-state index contributed by atoms with van der Waals surface area (Å²) in [6.07, 6.45) is 7.40. The van der Waals surface area contributed by atoms with Crippen LogP contribution in [0.15, 0.2) is 30.5 Å². The molecule has 8 nitrogen and oxygen atoms in total. The lowest BCUT2D eigenvalue weighted by molar-refractivity contribution is -0.143. The van der Waals surface area contributed by atoms with Crippen molar-refractivity contribution in [2.24, 2.45) is 0 Å². The fraction of sp³-hybridized carbons (Fsp3) is 0.593.